The largest absolute Gasteiger partial charge is 0.493 e. The Bertz CT molecular complexity index is 790. The van der Waals surface area contributed by atoms with Gasteiger partial charge in [0, 0.05) is 12.2 Å². The molecule has 8 heteroatoms. The van der Waals surface area contributed by atoms with Gasteiger partial charge in [-0.1, -0.05) is 29.8 Å². The van der Waals surface area contributed by atoms with Crippen LogP contribution in [0.5, 0.6) is 5.75 Å². The molecule has 2 aromatic carbocycles. The van der Waals surface area contributed by atoms with Crippen molar-refractivity contribution in [3.8, 4) is 5.75 Å². The Morgan fingerprint density at radius 3 is 2.44 bits per heavy atom. The third kappa shape index (κ3) is 6.06. The molecule has 0 saturated heterocycles. The molecule has 0 aliphatic heterocycles. The van der Waals surface area contributed by atoms with Crippen molar-refractivity contribution in [3.63, 3.8) is 0 Å². The van der Waals surface area contributed by atoms with Gasteiger partial charge in [-0.05, 0) is 49.6 Å². The fourth-order valence-corrected chi connectivity index (χ4v) is 2.70. The Hall–Kier alpha value is -2.41. The van der Waals surface area contributed by atoms with E-state index in [1.165, 1.54) is 6.07 Å². The highest BCUT2D eigenvalue weighted by atomic mass is 35.5. The second-order valence-corrected chi connectivity index (χ2v) is 6.40. The van der Waals surface area contributed by atoms with E-state index in [0.29, 0.717) is 19.6 Å². The number of amides is 2. The summed E-state index contributed by atoms with van der Waals surface area (Å²) in [5.41, 5.74) is 1.08. The van der Waals surface area contributed by atoms with Gasteiger partial charge in [-0.25, -0.2) is 4.79 Å². The normalized spacial score (nSPS) is 11.2. The predicted octanol–water partition coefficient (Wildman–Crippen LogP) is 5.57. The van der Waals surface area contributed by atoms with Gasteiger partial charge in [-0.15, -0.1) is 0 Å². The van der Waals surface area contributed by atoms with E-state index in [4.69, 9.17) is 16.3 Å². The number of nitrogens with one attached hydrogen (secondary N) is 2. The number of rotatable bonds is 6. The van der Waals surface area contributed by atoms with Crippen molar-refractivity contribution < 1.29 is 22.7 Å². The van der Waals surface area contributed by atoms with Crippen LogP contribution in [0.3, 0.4) is 0 Å². The zero-order valence-corrected chi connectivity index (χ0v) is 15.7. The second kappa shape index (κ2) is 8.99. The van der Waals surface area contributed by atoms with Crippen LogP contribution in [-0.4, -0.2) is 19.2 Å². The van der Waals surface area contributed by atoms with Crippen molar-refractivity contribution in [2.24, 2.45) is 0 Å². The highest BCUT2D eigenvalue weighted by Crippen LogP contribution is 2.36. The Labute approximate surface area is 160 Å². The average molecular weight is 401 g/mol. The van der Waals surface area contributed by atoms with Gasteiger partial charge < -0.3 is 15.4 Å². The molecule has 0 aliphatic rings. The monoisotopic (exact) mass is 400 g/mol. The molecule has 4 nitrogen and oxygen atoms in total. The van der Waals surface area contributed by atoms with Crippen molar-refractivity contribution >= 4 is 23.3 Å². The minimum Gasteiger partial charge on any atom is -0.493 e. The summed E-state index contributed by atoms with van der Waals surface area (Å²) >= 11 is 5.55. The number of carbonyl (C=O) groups excluding carboxylic acids is 1. The van der Waals surface area contributed by atoms with Crippen LogP contribution in [0.15, 0.2) is 36.4 Å². The van der Waals surface area contributed by atoms with Crippen LogP contribution >= 0.6 is 11.6 Å². The van der Waals surface area contributed by atoms with Crippen molar-refractivity contribution in [1.82, 2.24) is 5.32 Å². The number of carbonyl (C=O) groups is 1. The molecule has 0 saturated carbocycles. The molecule has 0 unspecified atom stereocenters. The number of ether oxygens (including phenoxy) is 1. The molecule has 2 aromatic rings. The van der Waals surface area contributed by atoms with Crippen LogP contribution in [0.25, 0.3) is 0 Å². The van der Waals surface area contributed by atoms with E-state index in [2.05, 4.69) is 10.6 Å². The minimum atomic E-state index is -4.59. The summed E-state index contributed by atoms with van der Waals surface area (Å²) in [6, 6.07) is 8.46. The number of urea groups is 1. The third-order valence-corrected chi connectivity index (χ3v) is 4.12. The lowest BCUT2D eigenvalue weighted by Crippen LogP contribution is -2.30. The zero-order chi connectivity index (χ0) is 20.0. The molecule has 27 heavy (non-hydrogen) atoms. The highest BCUT2D eigenvalue weighted by molar-refractivity contribution is 6.31. The molecule has 2 amide bonds. The van der Waals surface area contributed by atoms with Gasteiger partial charge in [0.25, 0.3) is 0 Å². The van der Waals surface area contributed by atoms with Crippen LogP contribution in [0, 0.1) is 13.8 Å². The summed E-state index contributed by atoms with van der Waals surface area (Å²) in [5, 5.41) is 4.51. The van der Waals surface area contributed by atoms with Gasteiger partial charge in [0.2, 0.25) is 0 Å². The number of anilines is 1. The molecule has 0 aromatic heterocycles. The Morgan fingerprint density at radius 1 is 1.15 bits per heavy atom. The molecule has 2 rings (SSSR count). The summed E-state index contributed by atoms with van der Waals surface area (Å²) in [4.78, 5) is 11.8. The molecule has 0 heterocycles. The van der Waals surface area contributed by atoms with E-state index in [1.54, 1.807) is 0 Å². The average Bonchev–Trinajstić information content (AvgIpc) is 2.57. The van der Waals surface area contributed by atoms with Crippen molar-refractivity contribution in [2.45, 2.75) is 26.4 Å². The number of halogens is 4. The number of para-hydroxylation sites is 1. The van der Waals surface area contributed by atoms with Crippen molar-refractivity contribution in [3.05, 3.63) is 58.1 Å². The molecule has 0 spiro atoms. The van der Waals surface area contributed by atoms with Gasteiger partial charge in [-0.2, -0.15) is 13.2 Å². The molecule has 0 radical (unpaired) electrons. The molecular weight excluding hydrogens is 381 g/mol. The number of benzene rings is 2. The quantitative estimate of drug-likeness (QED) is 0.623. The van der Waals surface area contributed by atoms with E-state index < -0.39 is 22.8 Å². The van der Waals surface area contributed by atoms with E-state index in [-0.39, 0.29) is 5.69 Å². The topological polar surface area (TPSA) is 50.4 Å². The zero-order valence-electron chi connectivity index (χ0n) is 14.9. The Kier molecular flexibility index (Phi) is 6.96. The lowest BCUT2D eigenvalue weighted by Gasteiger charge is -2.13. The van der Waals surface area contributed by atoms with Crippen LogP contribution in [-0.2, 0) is 6.18 Å². The van der Waals surface area contributed by atoms with E-state index in [0.717, 1.165) is 29.0 Å². The van der Waals surface area contributed by atoms with Gasteiger partial charge in [0.1, 0.15) is 5.75 Å². The highest BCUT2D eigenvalue weighted by Gasteiger charge is 2.33. The first-order chi connectivity index (χ1) is 12.7. The van der Waals surface area contributed by atoms with Gasteiger partial charge in [0.05, 0.1) is 17.2 Å². The van der Waals surface area contributed by atoms with E-state index >= 15 is 0 Å². The summed E-state index contributed by atoms with van der Waals surface area (Å²) in [7, 11) is 0. The molecule has 0 fully saturated rings. The fourth-order valence-electron chi connectivity index (χ4n) is 2.47. The number of hydrogen-bond acceptors (Lipinski definition) is 2. The second-order valence-electron chi connectivity index (χ2n) is 6.00. The first-order valence-corrected chi connectivity index (χ1v) is 8.67. The first-order valence-electron chi connectivity index (χ1n) is 8.29. The van der Waals surface area contributed by atoms with Gasteiger partial charge in [0.15, 0.2) is 0 Å². The maximum atomic E-state index is 12.8. The van der Waals surface area contributed by atoms with Crippen molar-refractivity contribution in [2.75, 3.05) is 18.5 Å². The molecule has 146 valence electrons. The molecule has 0 atom stereocenters. The number of alkyl halides is 3. The van der Waals surface area contributed by atoms with Crippen LogP contribution < -0.4 is 15.4 Å². The van der Waals surface area contributed by atoms with Gasteiger partial charge >= 0.3 is 12.2 Å². The molecule has 0 bridgehead atoms. The van der Waals surface area contributed by atoms with E-state index in [9.17, 15) is 18.0 Å². The maximum absolute atomic E-state index is 12.8. The predicted molar refractivity (Wildman–Crippen MR) is 99.5 cm³/mol. The van der Waals surface area contributed by atoms with E-state index in [1.807, 2.05) is 32.0 Å². The summed E-state index contributed by atoms with van der Waals surface area (Å²) < 4.78 is 44.2. The summed E-state index contributed by atoms with van der Waals surface area (Å²) in [5.74, 6) is 0.822. The smallest absolute Gasteiger partial charge is 0.417 e. The number of hydrogen-bond donors (Lipinski definition) is 2. The van der Waals surface area contributed by atoms with Gasteiger partial charge in [-0.3, -0.25) is 0 Å². The maximum Gasteiger partial charge on any atom is 0.417 e. The summed E-state index contributed by atoms with van der Waals surface area (Å²) in [6.45, 7) is 4.63. The SMILES string of the molecule is Cc1cccc(C)c1OCCCNC(=O)Nc1ccc(Cl)c(C(F)(F)F)c1. The molecule has 2 N–H and O–H groups in total. The third-order valence-electron chi connectivity index (χ3n) is 3.79. The lowest BCUT2D eigenvalue weighted by atomic mass is 10.1. The first kappa shape index (κ1) is 20.9. The molecular formula is C19H20ClF3N2O2. The molecule has 0 aliphatic carbocycles. The summed E-state index contributed by atoms with van der Waals surface area (Å²) in [6.07, 6.45) is -4.04. The minimum absolute atomic E-state index is 0.0102. The number of aryl methyl sites for hydroxylation is 2. The Balaban J connectivity index is 1.78. The lowest BCUT2D eigenvalue weighted by molar-refractivity contribution is -0.137. The fraction of sp³-hybridized carbons (Fsp3) is 0.316. The Morgan fingerprint density at radius 2 is 1.81 bits per heavy atom. The van der Waals surface area contributed by atoms with Crippen molar-refractivity contribution in [1.29, 1.82) is 0 Å². The standard InChI is InChI=1S/C19H20ClF3N2O2/c1-12-5-3-6-13(2)17(12)27-10-4-9-24-18(26)25-14-7-8-16(20)15(11-14)19(21,22)23/h3,5-8,11H,4,9-10H2,1-2H3,(H2,24,25,26). The van der Waals surface area contributed by atoms with Crippen LogP contribution in [0.4, 0.5) is 23.7 Å². The van der Waals surface area contributed by atoms with Crippen LogP contribution in [0.1, 0.15) is 23.1 Å². The van der Waals surface area contributed by atoms with Crippen LogP contribution in [0.2, 0.25) is 5.02 Å².